The number of aliphatic imine (C=N–C) groups is 1. The lowest BCUT2D eigenvalue weighted by atomic mass is 10.1. The first-order valence-electron chi connectivity index (χ1n) is 10.4. The number of likely N-dealkylation sites (N-methyl/N-ethyl adjacent to an activating group) is 1. The minimum atomic E-state index is -0.282. The van der Waals surface area contributed by atoms with Crippen LogP contribution in [0.5, 0.6) is 0 Å². The van der Waals surface area contributed by atoms with Crippen LogP contribution in [0.1, 0.15) is 19.3 Å². The lowest BCUT2D eigenvalue weighted by molar-refractivity contribution is -0.127. The van der Waals surface area contributed by atoms with Crippen molar-refractivity contribution in [2.45, 2.75) is 25.3 Å². The summed E-state index contributed by atoms with van der Waals surface area (Å²) in [5.41, 5.74) is 0. The van der Waals surface area contributed by atoms with Crippen molar-refractivity contribution in [3.63, 3.8) is 0 Å². The summed E-state index contributed by atoms with van der Waals surface area (Å²) in [4.78, 5) is 33.6. The van der Waals surface area contributed by atoms with Crippen LogP contribution in [0.15, 0.2) is 4.99 Å². The molecule has 0 spiro atoms. The first kappa shape index (κ1) is 23.2. The number of morpholine rings is 1. The molecule has 29 heavy (non-hydrogen) atoms. The van der Waals surface area contributed by atoms with Crippen molar-refractivity contribution in [1.29, 1.82) is 0 Å². The van der Waals surface area contributed by atoms with E-state index in [1.54, 1.807) is 19.0 Å². The van der Waals surface area contributed by atoms with Crippen LogP contribution in [0.2, 0.25) is 0 Å². The van der Waals surface area contributed by atoms with Crippen molar-refractivity contribution in [2.75, 3.05) is 80.2 Å². The Bertz CT molecular complexity index is 543. The van der Waals surface area contributed by atoms with E-state index in [0.29, 0.717) is 19.0 Å². The minimum Gasteiger partial charge on any atom is -0.453 e. The maximum absolute atomic E-state index is 11.9. The topological polar surface area (TPSA) is 98.7 Å². The fourth-order valence-corrected chi connectivity index (χ4v) is 3.30. The van der Waals surface area contributed by atoms with E-state index in [9.17, 15) is 9.59 Å². The molecule has 0 bridgehead atoms. The zero-order chi connectivity index (χ0) is 21.1. The van der Waals surface area contributed by atoms with Crippen LogP contribution >= 0.6 is 0 Å². The fourth-order valence-electron chi connectivity index (χ4n) is 3.30. The number of likely N-dealkylation sites (tertiary alicyclic amines) is 1. The van der Waals surface area contributed by atoms with E-state index in [2.05, 4.69) is 20.5 Å². The van der Waals surface area contributed by atoms with Crippen molar-refractivity contribution in [2.24, 2.45) is 4.99 Å². The second-order valence-corrected chi connectivity index (χ2v) is 7.56. The maximum Gasteiger partial charge on any atom is 0.409 e. The van der Waals surface area contributed by atoms with Gasteiger partial charge in [0, 0.05) is 52.9 Å². The highest BCUT2D eigenvalue weighted by Crippen LogP contribution is 2.11. The van der Waals surface area contributed by atoms with Crippen LogP contribution in [-0.4, -0.2) is 119 Å². The normalized spacial score (nSPS) is 19.0. The van der Waals surface area contributed by atoms with Crippen LogP contribution in [0, 0.1) is 0 Å². The number of guanidine groups is 1. The Morgan fingerprint density at radius 2 is 1.86 bits per heavy atom. The molecule has 0 atom stereocenters. The van der Waals surface area contributed by atoms with Crippen molar-refractivity contribution in [3.8, 4) is 0 Å². The monoisotopic (exact) mass is 412 g/mol. The predicted octanol–water partition coefficient (Wildman–Crippen LogP) is -0.437. The van der Waals surface area contributed by atoms with Crippen molar-refractivity contribution in [1.82, 2.24) is 25.3 Å². The van der Waals surface area contributed by atoms with Crippen molar-refractivity contribution in [3.05, 3.63) is 0 Å². The number of carbonyl (C=O) groups excluding carboxylic acids is 2. The molecule has 166 valence electrons. The number of methoxy groups -OCH3 is 1. The van der Waals surface area contributed by atoms with E-state index in [0.717, 1.165) is 58.7 Å². The van der Waals surface area contributed by atoms with Crippen LogP contribution in [0.3, 0.4) is 0 Å². The highest BCUT2D eigenvalue weighted by molar-refractivity contribution is 5.85. The number of nitrogens with zero attached hydrogens (tertiary/aromatic N) is 4. The van der Waals surface area contributed by atoms with Gasteiger partial charge in [-0.2, -0.15) is 0 Å². The molecule has 0 aliphatic carbocycles. The van der Waals surface area contributed by atoms with Crippen LogP contribution < -0.4 is 10.6 Å². The van der Waals surface area contributed by atoms with Gasteiger partial charge in [0.15, 0.2) is 5.96 Å². The van der Waals surface area contributed by atoms with Crippen LogP contribution in [0.4, 0.5) is 4.79 Å². The lowest BCUT2D eigenvalue weighted by Gasteiger charge is -2.32. The molecule has 0 saturated carbocycles. The SMILES string of the molecule is COC(=O)N1CCC(NC(=NCC(=O)N(C)C)NCCCN2CCOCC2)CC1. The minimum absolute atomic E-state index is 0.0417. The quantitative estimate of drug-likeness (QED) is 0.332. The van der Waals surface area contributed by atoms with Gasteiger partial charge in [-0.1, -0.05) is 0 Å². The summed E-state index contributed by atoms with van der Waals surface area (Å²) in [5, 5.41) is 6.77. The van der Waals surface area contributed by atoms with E-state index < -0.39 is 0 Å². The van der Waals surface area contributed by atoms with Crippen LogP contribution in [0.25, 0.3) is 0 Å². The maximum atomic E-state index is 11.9. The number of hydrogen-bond acceptors (Lipinski definition) is 6. The molecule has 2 fully saturated rings. The summed E-state index contributed by atoms with van der Waals surface area (Å²) in [6, 6.07) is 0.204. The number of carbonyl (C=O) groups is 2. The average Bonchev–Trinajstić information content (AvgIpc) is 2.75. The molecule has 2 saturated heterocycles. The van der Waals surface area contributed by atoms with Crippen molar-refractivity contribution >= 4 is 18.0 Å². The van der Waals surface area contributed by atoms with Gasteiger partial charge in [-0.15, -0.1) is 0 Å². The third-order valence-electron chi connectivity index (χ3n) is 5.19. The molecule has 0 radical (unpaired) electrons. The first-order valence-corrected chi connectivity index (χ1v) is 10.4. The van der Waals surface area contributed by atoms with Gasteiger partial charge in [0.05, 0.1) is 20.3 Å². The third kappa shape index (κ3) is 8.45. The first-order chi connectivity index (χ1) is 14.0. The number of hydrogen-bond donors (Lipinski definition) is 2. The molecule has 10 heteroatoms. The number of piperidine rings is 1. The molecule has 2 rings (SSSR count). The Balaban J connectivity index is 1.80. The summed E-state index contributed by atoms with van der Waals surface area (Å²) >= 11 is 0. The van der Waals surface area contributed by atoms with Gasteiger partial charge in [0.2, 0.25) is 5.91 Å². The Labute approximate surface area is 173 Å². The summed E-state index contributed by atoms with van der Waals surface area (Å²) in [5.74, 6) is 0.610. The zero-order valence-electron chi connectivity index (χ0n) is 18.0. The molecule has 0 aromatic heterocycles. The summed E-state index contributed by atoms with van der Waals surface area (Å²) in [7, 11) is 4.85. The van der Waals surface area contributed by atoms with Gasteiger partial charge in [-0.3, -0.25) is 9.69 Å². The molecule has 2 aliphatic heterocycles. The number of rotatable bonds is 7. The summed E-state index contributed by atoms with van der Waals surface area (Å²) in [6.07, 6.45) is 2.33. The van der Waals surface area contributed by atoms with E-state index in [-0.39, 0.29) is 24.6 Å². The Hall–Kier alpha value is -2.07. The summed E-state index contributed by atoms with van der Waals surface area (Å²) < 4.78 is 10.2. The second-order valence-electron chi connectivity index (χ2n) is 7.56. The Kier molecular flexibility index (Phi) is 9.99. The van der Waals surface area contributed by atoms with Gasteiger partial charge >= 0.3 is 6.09 Å². The predicted molar refractivity (Wildman–Crippen MR) is 111 cm³/mol. The fraction of sp³-hybridized carbons (Fsp3) is 0.842. The van der Waals surface area contributed by atoms with Crippen LogP contribution in [-0.2, 0) is 14.3 Å². The van der Waals surface area contributed by atoms with E-state index >= 15 is 0 Å². The average molecular weight is 413 g/mol. The Morgan fingerprint density at radius 3 is 2.48 bits per heavy atom. The highest BCUT2D eigenvalue weighted by atomic mass is 16.5. The number of ether oxygens (including phenoxy) is 2. The summed E-state index contributed by atoms with van der Waals surface area (Å²) in [6.45, 7) is 6.75. The molecule has 2 amide bonds. The third-order valence-corrected chi connectivity index (χ3v) is 5.19. The molecule has 2 N–H and O–H groups in total. The van der Waals surface area contributed by atoms with Gasteiger partial charge in [-0.05, 0) is 25.8 Å². The van der Waals surface area contributed by atoms with Gasteiger partial charge in [0.25, 0.3) is 0 Å². The largest absolute Gasteiger partial charge is 0.453 e. The van der Waals surface area contributed by atoms with Crippen molar-refractivity contribution < 1.29 is 19.1 Å². The zero-order valence-corrected chi connectivity index (χ0v) is 18.0. The van der Waals surface area contributed by atoms with Gasteiger partial charge in [-0.25, -0.2) is 9.79 Å². The Morgan fingerprint density at radius 1 is 1.17 bits per heavy atom. The highest BCUT2D eigenvalue weighted by Gasteiger charge is 2.23. The molecular weight excluding hydrogens is 376 g/mol. The van der Waals surface area contributed by atoms with Gasteiger partial charge in [0.1, 0.15) is 6.54 Å². The molecule has 0 aromatic rings. The lowest BCUT2D eigenvalue weighted by Crippen LogP contribution is -2.50. The molecule has 10 nitrogen and oxygen atoms in total. The number of amides is 2. The molecular formula is C19H36N6O4. The van der Waals surface area contributed by atoms with Gasteiger partial charge < -0.3 is 29.9 Å². The molecule has 0 aromatic carbocycles. The standard InChI is InChI=1S/C19H36N6O4/c1-23(2)17(26)15-21-18(20-7-4-8-24-11-13-29-14-12-24)22-16-5-9-25(10-6-16)19(27)28-3/h16H,4-15H2,1-3H3,(H2,20,21,22). The molecule has 0 unspecified atom stereocenters. The molecule has 2 aliphatic rings. The smallest absolute Gasteiger partial charge is 0.409 e. The second kappa shape index (κ2) is 12.5. The van der Waals surface area contributed by atoms with E-state index in [1.165, 1.54) is 12.0 Å². The molecule has 2 heterocycles. The van der Waals surface area contributed by atoms with E-state index in [1.807, 2.05) is 0 Å². The number of nitrogens with one attached hydrogen (secondary N) is 2. The van der Waals surface area contributed by atoms with E-state index in [4.69, 9.17) is 9.47 Å².